The van der Waals surface area contributed by atoms with E-state index < -0.39 is 11.7 Å². The smallest absolute Gasteiger partial charge is 0.353 e. The number of urea groups is 1. The highest BCUT2D eigenvalue weighted by Gasteiger charge is 2.31. The molecule has 0 saturated carbocycles. The summed E-state index contributed by atoms with van der Waals surface area (Å²) in [5.41, 5.74) is 1.73. The van der Waals surface area contributed by atoms with Gasteiger partial charge in [-0.1, -0.05) is 29.8 Å². The Hall–Kier alpha value is -3.33. The summed E-state index contributed by atoms with van der Waals surface area (Å²) < 4.78 is 39.5. The average Bonchev–Trinajstić information content (AvgIpc) is 2.80. The van der Waals surface area contributed by atoms with Gasteiger partial charge in [0.2, 0.25) is 0 Å². The second-order valence-corrected chi connectivity index (χ2v) is 8.51. The molecule has 0 radical (unpaired) electrons. The normalized spacial score (nSPS) is 14.3. The van der Waals surface area contributed by atoms with Crippen LogP contribution in [0.2, 0.25) is 5.02 Å². The number of alkyl halides is 3. The van der Waals surface area contributed by atoms with Crippen molar-refractivity contribution in [3.05, 3.63) is 70.4 Å². The predicted octanol–water partition coefficient (Wildman–Crippen LogP) is 5.79. The zero-order valence-electron chi connectivity index (χ0n) is 18.7. The summed E-state index contributed by atoms with van der Waals surface area (Å²) in [5, 5.41) is 3.38. The van der Waals surface area contributed by atoms with Crippen molar-refractivity contribution in [1.29, 1.82) is 0 Å². The van der Waals surface area contributed by atoms with Crippen LogP contribution in [-0.4, -0.2) is 47.1 Å². The van der Waals surface area contributed by atoms with Crippen LogP contribution in [0.3, 0.4) is 0 Å². The fraction of sp³-hybridized carbons (Fsp3) is 0.292. The first-order valence-electron chi connectivity index (χ1n) is 10.7. The van der Waals surface area contributed by atoms with Gasteiger partial charge in [0, 0.05) is 53.7 Å². The van der Waals surface area contributed by atoms with E-state index >= 15 is 0 Å². The van der Waals surface area contributed by atoms with Gasteiger partial charge in [-0.2, -0.15) is 13.2 Å². The van der Waals surface area contributed by atoms with Gasteiger partial charge < -0.3 is 15.1 Å². The molecule has 2 amide bonds. The molecular formula is C24H23ClF3N5O. The topological polar surface area (TPSA) is 61.4 Å². The standard InChI is InChI=1S/C24H23ClF3N5O/c1-15-16(2)29-21(17-5-3-6-18(13-17)24(26,27)28)31-22(15)32-9-11-33(12-10-32)23(34)30-20-8-4-7-19(25)14-20/h3-8,13-14H,9-12H2,1-2H3,(H,30,34). The van der Waals surface area contributed by atoms with E-state index in [1.807, 2.05) is 18.7 Å². The van der Waals surface area contributed by atoms with Crippen LogP contribution in [0.15, 0.2) is 48.5 Å². The number of aromatic nitrogens is 2. The minimum atomic E-state index is -4.44. The van der Waals surface area contributed by atoms with Crippen molar-refractivity contribution in [2.24, 2.45) is 0 Å². The van der Waals surface area contributed by atoms with Gasteiger partial charge in [0.1, 0.15) is 5.82 Å². The zero-order chi connectivity index (χ0) is 24.5. The van der Waals surface area contributed by atoms with Gasteiger partial charge in [-0.3, -0.25) is 0 Å². The number of hydrogen-bond acceptors (Lipinski definition) is 4. The molecule has 1 fully saturated rings. The van der Waals surface area contributed by atoms with Crippen LogP contribution in [0, 0.1) is 13.8 Å². The van der Waals surface area contributed by atoms with Crippen molar-refractivity contribution in [3.63, 3.8) is 0 Å². The molecular weight excluding hydrogens is 467 g/mol. The van der Waals surface area contributed by atoms with Gasteiger partial charge in [-0.05, 0) is 44.2 Å². The number of carbonyl (C=O) groups excluding carboxylic acids is 1. The quantitative estimate of drug-likeness (QED) is 0.506. The monoisotopic (exact) mass is 489 g/mol. The Balaban J connectivity index is 1.50. The number of nitrogens with zero attached hydrogens (tertiary/aromatic N) is 4. The van der Waals surface area contributed by atoms with Crippen molar-refractivity contribution < 1.29 is 18.0 Å². The Morgan fingerprint density at radius 2 is 1.71 bits per heavy atom. The van der Waals surface area contributed by atoms with Crippen molar-refractivity contribution in [2.75, 3.05) is 36.4 Å². The maximum Gasteiger partial charge on any atom is 0.416 e. The van der Waals surface area contributed by atoms with Gasteiger partial charge in [0.15, 0.2) is 5.82 Å². The molecule has 0 atom stereocenters. The molecule has 0 bridgehead atoms. The lowest BCUT2D eigenvalue weighted by Crippen LogP contribution is -2.50. The van der Waals surface area contributed by atoms with Crippen LogP contribution < -0.4 is 10.2 Å². The minimum absolute atomic E-state index is 0.220. The maximum absolute atomic E-state index is 13.2. The van der Waals surface area contributed by atoms with E-state index in [1.165, 1.54) is 6.07 Å². The van der Waals surface area contributed by atoms with Crippen molar-refractivity contribution in [1.82, 2.24) is 14.9 Å². The molecule has 1 aliphatic heterocycles. The molecule has 1 N–H and O–H groups in total. The van der Waals surface area contributed by atoms with E-state index in [1.54, 1.807) is 35.2 Å². The number of anilines is 2. The predicted molar refractivity (Wildman–Crippen MR) is 126 cm³/mol. The summed E-state index contributed by atoms with van der Waals surface area (Å²) in [6.45, 7) is 5.69. The maximum atomic E-state index is 13.2. The minimum Gasteiger partial charge on any atom is -0.353 e. The molecule has 4 rings (SSSR count). The van der Waals surface area contributed by atoms with Gasteiger partial charge >= 0.3 is 12.2 Å². The van der Waals surface area contributed by atoms with Gasteiger partial charge in [0.25, 0.3) is 0 Å². The van der Waals surface area contributed by atoms with Crippen molar-refractivity contribution >= 4 is 29.1 Å². The third-order valence-corrected chi connectivity index (χ3v) is 5.99. The molecule has 0 unspecified atom stereocenters. The van der Waals surface area contributed by atoms with Gasteiger partial charge in [-0.25, -0.2) is 14.8 Å². The summed E-state index contributed by atoms with van der Waals surface area (Å²) in [4.78, 5) is 25.4. The molecule has 10 heteroatoms. The lowest BCUT2D eigenvalue weighted by molar-refractivity contribution is -0.137. The number of aryl methyl sites for hydroxylation is 1. The highest BCUT2D eigenvalue weighted by atomic mass is 35.5. The number of nitrogens with one attached hydrogen (secondary N) is 1. The third kappa shape index (κ3) is 5.25. The van der Waals surface area contributed by atoms with Crippen LogP contribution in [0.25, 0.3) is 11.4 Å². The Bertz CT molecular complexity index is 1210. The molecule has 0 aliphatic carbocycles. The van der Waals surface area contributed by atoms with Gasteiger partial charge in [0.05, 0.1) is 5.56 Å². The molecule has 3 aromatic rings. The van der Waals surface area contributed by atoms with Crippen molar-refractivity contribution in [3.8, 4) is 11.4 Å². The molecule has 6 nitrogen and oxygen atoms in total. The first-order chi connectivity index (χ1) is 16.1. The first kappa shape index (κ1) is 23.8. The number of carbonyl (C=O) groups is 1. The molecule has 1 aliphatic rings. The third-order valence-electron chi connectivity index (χ3n) is 5.75. The summed E-state index contributed by atoms with van der Waals surface area (Å²) in [6, 6.07) is 11.7. The molecule has 2 heterocycles. The lowest BCUT2D eigenvalue weighted by Gasteiger charge is -2.36. The Morgan fingerprint density at radius 3 is 2.38 bits per heavy atom. The fourth-order valence-corrected chi connectivity index (χ4v) is 3.97. The summed E-state index contributed by atoms with van der Waals surface area (Å²) in [7, 11) is 0. The van der Waals surface area contributed by atoms with Crippen LogP contribution in [0.5, 0.6) is 0 Å². The molecule has 1 saturated heterocycles. The molecule has 2 aromatic carbocycles. The van der Waals surface area contributed by atoms with Crippen LogP contribution in [-0.2, 0) is 6.18 Å². The lowest BCUT2D eigenvalue weighted by atomic mass is 10.1. The van der Waals surface area contributed by atoms with Crippen LogP contribution in [0.4, 0.5) is 29.5 Å². The number of halogens is 4. The summed E-state index contributed by atoms with van der Waals surface area (Å²) in [6.07, 6.45) is -4.44. The highest BCUT2D eigenvalue weighted by Crippen LogP contribution is 2.32. The Kier molecular flexibility index (Phi) is 6.65. The number of hydrogen-bond donors (Lipinski definition) is 1. The number of benzene rings is 2. The number of rotatable bonds is 3. The first-order valence-corrected chi connectivity index (χ1v) is 11.1. The fourth-order valence-electron chi connectivity index (χ4n) is 3.78. The summed E-state index contributed by atoms with van der Waals surface area (Å²) in [5.74, 6) is 0.903. The zero-order valence-corrected chi connectivity index (χ0v) is 19.4. The van der Waals surface area contributed by atoms with Gasteiger partial charge in [-0.15, -0.1) is 0 Å². The van der Waals surface area contributed by atoms with Crippen molar-refractivity contribution in [2.45, 2.75) is 20.0 Å². The van der Waals surface area contributed by atoms with E-state index in [2.05, 4.69) is 15.3 Å². The van der Waals surface area contributed by atoms with E-state index in [0.29, 0.717) is 54.0 Å². The average molecular weight is 490 g/mol. The van der Waals surface area contributed by atoms with E-state index in [0.717, 1.165) is 17.7 Å². The molecule has 1 aromatic heterocycles. The SMILES string of the molecule is Cc1nc(-c2cccc(C(F)(F)F)c2)nc(N2CCN(C(=O)Nc3cccc(Cl)c3)CC2)c1C. The van der Waals surface area contributed by atoms with E-state index in [9.17, 15) is 18.0 Å². The Labute approximate surface area is 200 Å². The second-order valence-electron chi connectivity index (χ2n) is 8.07. The molecule has 178 valence electrons. The highest BCUT2D eigenvalue weighted by molar-refractivity contribution is 6.30. The van der Waals surface area contributed by atoms with E-state index in [4.69, 9.17) is 11.6 Å². The van der Waals surface area contributed by atoms with Crippen LogP contribution >= 0.6 is 11.6 Å². The molecule has 34 heavy (non-hydrogen) atoms. The Morgan fingerprint density at radius 1 is 1.00 bits per heavy atom. The second kappa shape index (κ2) is 9.50. The number of amides is 2. The van der Waals surface area contributed by atoms with Crippen LogP contribution in [0.1, 0.15) is 16.8 Å². The largest absolute Gasteiger partial charge is 0.416 e. The molecule has 0 spiro atoms. The number of piperazine rings is 1. The summed E-state index contributed by atoms with van der Waals surface area (Å²) >= 11 is 5.98. The van der Waals surface area contributed by atoms with E-state index in [-0.39, 0.29) is 11.9 Å².